The molecule has 0 aromatic heterocycles. The van der Waals surface area contributed by atoms with Gasteiger partial charge in [0.05, 0.1) is 0 Å². The van der Waals surface area contributed by atoms with Crippen LogP contribution in [0.15, 0.2) is 48.5 Å². The van der Waals surface area contributed by atoms with Crippen molar-refractivity contribution in [1.29, 1.82) is 0 Å². The first-order chi connectivity index (χ1) is 20.1. The largest absolute Gasteiger partial charge is 0.457 e. The van der Waals surface area contributed by atoms with Crippen LogP contribution in [-0.2, 0) is 20.7 Å². The molecule has 2 N–H and O–H groups in total. The number of nitrogens with zero attached hydrogens (tertiary/aromatic N) is 2. The van der Waals surface area contributed by atoms with Crippen molar-refractivity contribution >= 4 is 17.9 Å². The first kappa shape index (κ1) is 33.7. The minimum atomic E-state index is -4.63. The van der Waals surface area contributed by atoms with Crippen LogP contribution in [0.1, 0.15) is 58.7 Å². The molecule has 1 atom stereocenters. The molecular weight excluding hydrogens is 565 g/mol. The van der Waals surface area contributed by atoms with Crippen molar-refractivity contribution in [2.24, 2.45) is 0 Å². The molecule has 3 rings (SSSR count). The summed E-state index contributed by atoms with van der Waals surface area (Å²) in [7, 11) is 0. The zero-order valence-electron chi connectivity index (χ0n) is 25.5. The van der Waals surface area contributed by atoms with Gasteiger partial charge in [-0.3, -0.25) is 19.4 Å². The molecule has 2 aromatic carbocycles. The molecule has 0 saturated heterocycles. The highest BCUT2D eigenvalue weighted by molar-refractivity contribution is 5.90. The lowest BCUT2D eigenvalue weighted by atomic mass is 9.92. The average Bonchev–Trinajstić information content (AvgIpc) is 2.92. The molecule has 0 bridgehead atoms. The van der Waals surface area contributed by atoms with E-state index in [9.17, 15) is 27.6 Å². The van der Waals surface area contributed by atoms with Gasteiger partial charge in [0.1, 0.15) is 24.1 Å². The molecule has 0 fully saturated rings. The Labute approximate surface area is 250 Å². The van der Waals surface area contributed by atoms with E-state index in [0.717, 1.165) is 5.56 Å². The number of para-hydroxylation sites is 1. The van der Waals surface area contributed by atoms with E-state index < -0.39 is 42.3 Å². The number of benzene rings is 2. The van der Waals surface area contributed by atoms with Gasteiger partial charge in [0.2, 0.25) is 5.91 Å². The molecule has 1 heterocycles. The summed E-state index contributed by atoms with van der Waals surface area (Å²) in [6, 6.07) is 13.9. The van der Waals surface area contributed by atoms with Crippen LogP contribution >= 0.6 is 0 Å². The highest BCUT2D eigenvalue weighted by Crippen LogP contribution is 2.35. The SMILES string of the molecule is CC(C)N(CCNC(=O)C1c2ccc(Oc3ccccc3)cc2CCN1C(=O)OC(C)(C)C(=O)NCC(F)(F)F)C(C)C. The molecule has 1 aliphatic heterocycles. The Kier molecular flexibility index (Phi) is 11.1. The number of carbonyl (C=O) groups excluding carboxylic acids is 3. The summed E-state index contributed by atoms with van der Waals surface area (Å²) < 4.78 is 49.3. The number of rotatable bonds is 11. The number of fused-ring (bicyclic) bond motifs is 1. The van der Waals surface area contributed by atoms with E-state index in [1.165, 1.54) is 18.7 Å². The molecule has 9 nitrogen and oxygen atoms in total. The summed E-state index contributed by atoms with van der Waals surface area (Å²) >= 11 is 0. The maximum Gasteiger partial charge on any atom is 0.411 e. The Balaban J connectivity index is 1.84. The third-order valence-electron chi connectivity index (χ3n) is 7.14. The van der Waals surface area contributed by atoms with E-state index >= 15 is 0 Å². The molecule has 0 spiro atoms. The summed E-state index contributed by atoms with van der Waals surface area (Å²) in [5, 5.41) is 4.68. The summed E-state index contributed by atoms with van der Waals surface area (Å²) in [6.45, 7) is 10.1. The third-order valence-corrected chi connectivity index (χ3v) is 7.14. The van der Waals surface area contributed by atoms with E-state index in [4.69, 9.17) is 9.47 Å². The molecule has 0 radical (unpaired) electrons. The highest BCUT2D eigenvalue weighted by atomic mass is 19.4. The van der Waals surface area contributed by atoms with Gasteiger partial charge in [-0.05, 0) is 83.4 Å². The average molecular weight is 607 g/mol. The van der Waals surface area contributed by atoms with Gasteiger partial charge in [0.25, 0.3) is 5.91 Å². The summed E-state index contributed by atoms with van der Waals surface area (Å²) in [4.78, 5) is 42.9. The van der Waals surface area contributed by atoms with Crippen LogP contribution in [0.25, 0.3) is 0 Å². The first-order valence-electron chi connectivity index (χ1n) is 14.3. The maximum atomic E-state index is 13.7. The highest BCUT2D eigenvalue weighted by Gasteiger charge is 2.41. The van der Waals surface area contributed by atoms with Gasteiger partial charge < -0.3 is 20.1 Å². The topological polar surface area (TPSA) is 100 Å². The number of hydrogen-bond donors (Lipinski definition) is 2. The van der Waals surface area contributed by atoms with Crippen LogP contribution in [0.3, 0.4) is 0 Å². The third kappa shape index (κ3) is 9.34. The van der Waals surface area contributed by atoms with Crippen molar-refractivity contribution in [1.82, 2.24) is 20.4 Å². The van der Waals surface area contributed by atoms with Crippen LogP contribution in [0.5, 0.6) is 11.5 Å². The zero-order valence-corrected chi connectivity index (χ0v) is 25.5. The van der Waals surface area contributed by atoms with Crippen LogP contribution in [0.4, 0.5) is 18.0 Å². The molecule has 43 heavy (non-hydrogen) atoms. The number of carbonyl (C=O) groups is 3. The van der Waals surface area contributed by atoms with Crippen molar-refractivity contribution < 1.29 is 37.0 Å². The van der Waals surface area contributed by atoms with Crippen molar-refractivity contribution in [3.8, 4) is 11.5 Å². The van der Waals surface area contributed by atoms with Crippen LogP contribution in [0.2, 0.25) is 0 Å². The summed E-state index contributed by atoms with van der Waals surface area (Å²) in [6.07, 6.45) is -5.26. The smallest absolute Gasteiger partial charge is 0.411 e. The van der Waals surface area contributed by atoms with Gasteiger partial charge in [-0.15, -0.1) is 0 Å². The Bertz CT molecular complexity index is 1260. The molecule has 0 saturated carbocycles. The monoisotopic (exact) mass is 606 g/mol. The number of amides is 3. The predicted octanol–water partition coefficient (Wildman–Crippen LogP) is 5.21. The standard InChI is InChI=1S/C31H41F3N4O5/c1-20(2)37(21(3)4)17-15-35-27(39)26-25-13-12-24(42-23-10-8-7-9-11-23)18-22(25)14-16-38(26)29(41)43-30(5,6)28(40)36-19-31(32,33)34/h7-13,18,20-21,26H,14-17,19H2,1-6H3,(H,35,39)(H,36,40). The molecule has 12 heteroatoms. The summed E-state index contributed by atoms with van der Waals surface area (Å²) in [5.74, 6) is -0.348. The fraction of sp³-hybridized carbons (Fsp3) is 0.516. The van der Waals surface area contributed by atoms with Crippen LogP contribution < -0.4 is 15.4 Å². The summed E-state index contributed by atoms with van der Waals surface area (Å²) in [5.41, 5.74) is -0.567. The van der Waals surface area contributed by atoms with Crippen LogP contribution in [-0.4, -0.2) is 77.7 Å². The second kappa shape index (κ2) is 14.1. The molecule has 3 amide bonds. The first-order valence-corrected chi connectivity index (χ1v) is 14.3. The number of hydrogen-bond acceptors (Lipinski definition) is 6. The lowest BCUT2D eigenvalue weighted by Gasteiger charge is -2.38. The van der Waals surface area contributed by atoms with Gasteiger partial charge in [-0.2, -0.15) is 13.2 Å². The normalized spacial score (nSPS) is 15.3. The van der Waals surface area contributed by atoms with Gasteiger partial charge in [0, 0.05) is 31.7 Å². The number of halogens is 3. The maximum absolute atomic E-state index is 13.7. The predicted molar refractivity (Wildman–Crippen MR) is 156 cm³/mol. The van der Waals surface area contributed by atoms with E-state index in [1.54, 1.807) is 17.4 Å². The van der Waals surface area contributed by atoms with E-state index in [1.807, 2.05) is 36.4 Å². The molecular formula is C31H41F3N4O5. The van der Waals surface area contributed by atoms with Crippen molar-refractivity contribution in [3.63, 3.8) is 0 Å². The fourth-order valence-corrected chi connectivity index (χ4v) is 5.01. The lowest BCUT2D eigenvalue weighted by molar-refractivity contribution is -0.149. The Morgan fingerprint density at radius 2 is 1.63 bits per heavy atom. The number of ether oxygens (including phenoxy) is 2. The minimum absolute atomic E-state index is 0.0725. The van der Waals surface area contributed by atoms with Crippen molar-refractivity contribution in [3.05, 3.63) is 59.7 Å². The van der Waals surface area contributed by atoms with E-state index in [0.29, 0.717) is 36.6 Å². The Morgan fingerprint density at radius 1 is 0.977 bits per heavy atom. The van der Waals surface area contributed by atoms with Gasteiger partial charge >= 0.3 is 12.3 Å². The zero-order chi connectivity index (χ0) is 31.9. The van der Waals surface area contributed by atoms with E-state index in [2.05, 4.69) is 37.9 Å². The number of nitrogens with one attached hydrogen (secondary N) is 2. The van der Waals surface area contributed by atoms with Gasteiger partial charge in [-0.1, -0.05) is 24.3 Å². The van der Waals surface area contributed by atoms with Gasteiger partial charge in [0.15, 0.2) is 5.60 Å². The molecule has 0 aliphatic carbocycles. The molecule has 1 unspecified atom stereocenters. The second-order valence-electron chi connectivity index (χ2n) is 11.5. The Morgan fingerprint density at radius 3 is 2.23 bits per heavy atom. The Hall–Kier alpha value is -3.80. The minimum Gasteiger partial charge on any atom is -0.457 e. The quantitative estimate of drug-likeness (QED) is 0.365. The van der Waals surface area contributed by atoms with E-state index in [-0.39, 0.29) is 18.6 Å². The van der Waals surface area contributed by atoms with Crippen LogP contribution in [0, 0.1) is 0 Å². The van der Waals surface area contributed by atoms with Crippen molar-refractivity contribution in [2.45, 2.75) is 77.9 Å². The lowest BCUT2D eigenvalue weighted by Crippen LogP contribution is -2.53. The number of alkyl halides is 3. The molecule has 236 valence electrons. The van der Waals surface area contributed by atoms with Crippen molar-refractivity contribution in [2.75, 3.05) is 26.2 Å². The molecule has 2 aromatic rings. The second-order valence-corrected chi connectivity index (χ2v) is 11.5. The fourth-order valence-electron chi connectivity index (χ4n) is 5.01. The van der Waals surface area contributed by atoms with Gasteiger partial charge in [-0.25, -0.2) is 4.79 Å². The molecule has 1 aliphatic rings.